The molecule has 202 valence electrons. The molecule has 38 heavy (non-hydrogen) atoms. The van der Waals surface area contributed by atoms with Gasteiger partial charge in [0.2, 0.25) is 5.28 Å². The summed E-state index contributed by atoms with van der Waals surface area (Å²) >= 11 is 9.59. The Balaban J connectivity index is 0.000000236. The fourth-order valence-electron chi connectivity index (χ4n) is 4.07. The van der Waals surface area contributed by atoms with Gasteiger partial charge in [0.25, 0.3) is 0 Å². The molecule has 0 spiro atoms. The second-order valence-electron chi connectivity index (χ2n) is 8.54. The molecule has 3 heterocycles. The lowest BCUT2D eigenvalue weighted by Crippen LogP contribution is -2.11. The second-order valence-corrected chi connectivity index (χ2v) is 9.80. The normalized spacial score (nSPS) is 13.9. The molecule has 11 heteroatoms. The Hall–Kier alpha value is -2.76. The van der Waals surface area contributed by atoms with Crippen LogP contribution in [0.2, 0.25) is 5.28 Å². The van der Waals surface area contributed by atoms with Crippen LogP contribution in [0.15, 0.2) is 53.4 Å². The highest BCUT2D eigenvalue weighted by molar-refractivity contribution is 9.10. The first-order valence-electron chi connectivity index (χ1n) is 12.3. The molecule has 1 aliphatic rings. The standard InChI is InChI=1S/C17H14BrClN4O.C7H10N2.C3H8O2/c1-2-5-23-8-12-15(20-17(19)21-16(12)22-23)14-11-7-10(18)4-3-9(11)6-13(14)24;8-4-3-7-2-1-5-9-6-7;1-5-3-2-4/h3-4,7-8,14H,2,5-6H2,1H3;1-2,5-6H,3-4,8H2;4H,2-3H2,1H3. The largest absolute Gasteiger partial charge is 0.394 e. The van der Waals surface area contributed by atoms with E-state index in [9.17, 15) is 4.79 Å². The summed E-state index contributed by atoms with van der Waals surface area (Å²) < 4.78 is 7.22. The summed E-state index contributed by atoms with van der Waals surface area (Å²) in [5.41, 5.74) is 9.74. The molecule has 0 bridgehead atoms. The van der Waals surface area contributed by atoms with E-state index in [0.717, 1.165) is 40.4 Å². The number of hydrogen-bond donors (Lipinski definition) is 2. The van der Waals surface area contributed by atoms with E-state index in [-0.39, 0.29) is 17.7 Å². The molecule has 5 rings (SSSR count). The van der Waals surface area contributed by atoms with Crippen LogP contribution in [-0.4, -0.2) is 62.5 Å². The van der Waals surface area contributed by atoms with Crippen LogP contribution in [-0.2, 0) is 28.9 Å². The summed E-state index contributed by atoms with van der Waals surface area (Å²) in [6, 6.07) is 9.88. The van der Waals surface area contributed by atoms with Crippen molar-refractivity contribution < 1.29 is 14.6 Å². The zero-order valence-electron chi connectivity index (χ0n) is 21.5. The van der Waals surface area contributed by atoms with Crippen molar-refractivity contribution in [2.75, 3.05) is 26.9 Å². The number of fused-ring (bicyclic) bond motifs is 2. The number of nitrogens with zero attached hydrogens (tertiary/aromatic N) is 5. The highest BCUT2D eigenvalue weighted by atomic mass is 79.9. The lowest BCUT2D eigenvalue weighted by molar-refractivity contribution is -0.118. The molecule has 0 radical (unpaired) electrons. The summed E-state index contributed by atoms with van der Waals surface area (Å²) in [6.45, 7) is 4.14. The minimum Gasteiger partial charge on any atom is -0.394 e. The lowest BCUT2D eigenvalue weighted by Gasteiger charge is -2.11. The Morgan fingerprint density at radius 3 is 2.74 bits per heavy atom. The van der Waals surface area contributed by atoms with Gasteiger partial charge in [-0.2, -0.15) is 10.1 Å². The summed E-state index contributed by atoms with van der Waals surface area (Å²) in [7, 11) is 1.55. The first kappa shape index (κ1) is 29.8. The van der Waals surface area contributed by atoms with Crippen molar-refractivity contribution in [3.8, 4) is 0 Å². The van der Waals surface area contributed by atoms with Crippen LogP contribution < -0.4 is 5.73 Å². The van der Waals surface area contributed by atoms with Crippen molar-refractivity contribution in [3.63, 3.8) is 0 Å². The number of ether oxygens (including phenoxy) is 1. The third-order valence-electron chi connectivity index (χ3n) is 5.71. The molecule has 0 fully saturated rings. The number of aromatic nitrogens is 5. The first-order valence-corrected chi connectivity index (χ1v) is 13.5. The van der Waals surface area contributed by atoms with E-state index in [1.54, 1.807) is 13.3 Å². The predicted molar refractivity (Wildman–Crippen MR) is 151 cm³/mol. The Bertz CT molecular complexity index is 1330. The summed E-state index contributed by atoms with van der Waals surface area (Å²) in [5.74, 6) is -0.290. The van der Waals surface area contributed by atoms with Crippen LogP contribution in [0.3, 0.4) is 0 Å². The fourth-order valence-corrected chi connectivity index (χ4v) is 4.62. The smallest absolute Gasteiger partial charge is 0.224 e. The average Bonchev–Trinajstić information content (AvgIpc) is 3.45. The van der Waals surface area contributed by atoms with Crippen LogP contribution in [0, 0.1) is 0 Å². The van der Waals surface area contributed by atoms with E-state index >= 15 is 0 Å². The molecule has 3 aromatic heterocycles. The molecule has 1 aliphatic carbocycles. The Labute approximate surface area is 235 Å². The van der Waals surface area contributed by atoms with Gasteiger partial charge in [0.15, 0.2) is 11.4 Å². The molecule has 1 atom stereocenters. The fraction of sp³-hybridized carbons (Fsp3) is 0.370. The van der Waals surface area contributed by atoms with E-state index in [1.807, 2.05) is 47.4 Å². The number of aryl methyl sites for hydroxylation is 1. The number of carbonyl (C=O) groups is 1. The van der Waals surface area contributed by atoms with Crippen molar-refractivity contribution in [1.82, 2.24) is 24.7 Å². The van der Waals surface area contributed by atoms with Crippen LogP contribution in [0.4, 0.5) is 0 Å². The number of pyridine rings is 1. The van der Waals surface area contributed by atoms with E-state index in [4.69, 9.17) is 22.4 Å². The number of halogens is 2. The number of rotatable bonds is 7. The molecule has 1 aromatic carbocycles. The minimum absolute atomic E-state index is 0.121. The lowest BCUT2D eigenvalue weighted by atomic mass is 9.95. The maximum atomic E-state index is 12.7. The molecule has 0 amide bonds. The van der Waals surface area contributed by atoms with E-state index in [0.29, 0.717) is 30.9 Å². The number of carbonyl (C=O) groups excluding carboxylic acids is 1. The molecule has 3 N–H and O–H groups in total. The van der Waals surface area contributed by atoms with Crippen molar-refractivity contribution in [1.29, 1.82) is 0 Å². The van der Waals surface area contributed by atoms with Crippen LogP contribution in [0.25, 0.3) is 11.0 Å². The van der Waals surface area contributed by atoms with Gasteiger partial charge in [-0.05, 0) is 65.9 Å². The first-order chi connectivity index (χ1) is 18.4. The summed E-state index contributed by atoms with van der Waals surface area (Å²) in [5, 5.41) is 13.3. The van der Waals surface area contributed by atoms with Gasteiger partial charge in [0.05, 0.1) is 30.2 Å². The third kappa shape index (κ3) is 7.87. The molecule has 4 aromatic rings. The van der Waals surface area contributed by atoms with Crippen molar-refractivity contribution in [3.05, 3.63) is 81.1 Å². The molecular formula is C27H32BrClN6O3. The maximum absolute atomic E-state index is 12.7. The highest BCUT2D eigenvalue weighted by Gasteiger charge is 2.35. The van der Waals surface area contributed by atoms with Gasteiger partial charge in [-0.25, -0.2) is 4.98 Å². The highest BCUT2D eigenvalue weighted by Crippen LogP contribution is 2.39. The maximum Gasteiger partial charge on any atom is 0.224 e. The van der Waals surface area contributed by atoms with Gasteiger partial charge >= 0.3 is 0 Å². The second kappa shape index (κ2) is 15.0. The number of aliphatic hydroxyl groups excluding tert-OH is 1. The monoisotopic (exact) mass is 602 g/mol. The van der Waals surface area contributed by atoms with Crippen molar-refractivity contribution >= 4 is 44.3 Å². The SMILES string of the molecule is CCCn1cc2c(C3C(=O)Cc4ccc(Br)cc43)nc(Cl)nc2n1.COCCO.NCCc1cccnc1. The van der Waals surface area contributed by atoms with E-state index in [1.165, 1.54) is 5.56 Å². The van der Waals surface area contributed by atoms with Gasteiger partial charge in [0.1, 0.15) is 0 Å². The molecule has 9 nitrogen and oxygen atoms in total. The Morgan fingerprint density at radius 1 is 1.29 bits per heavy atom. The van der Waals surface area contributed by atoms with E-state index < -0.39 is 5.92 Å². The van der Waals surface area contributed by atoms with Gasteiger partial charge < -0.3 is 15.6 Å². The van der Waals surface area contributed by atoms with Crippen molar-refractivity contribution in [2.45, 2.75) is 38.6 Å². The molecule has 0 saturated heterocycles. The minimum atomic E-state index is -0.417. The van der Waals surface area contributed by atoms with Gasteiger partial charge in [-0.15, -0.1) is 0 Å². The van der Waals surface area contributed by atoms with Crippen molar-refractivity contribution in [2.24, 2.45) is 5.73 Å². The zero-order chi connectivity index (χ0) is 27.5. The topological polar surface area (TPSA) is 129 Å². The van der Waals surface area contributed by atoms with Crippen LogP contribution in [0.1, 0.15) is 41.6 Å². The quantitative estimate of drug-likeness (QED) is 0.302. The van der Waals surface area contributed by atoms with Gasteiger partial charge in [-0.3, -0.25) is 14.5 Å². The van der Waals surface area contributed by atoms with Crippen LogP contribution >= 0.6 is 27.5 Å². The number of benzene rings is 1. The number of methoxy groups -OCH3 is 1. The number of nitrogens with two attached hydrogens (primary N) is 1. The number of hydrogen-bond acceptors (Lipinski definition) is 8. The predicted octanol–water partition coefficient (Wildman–Crippen LogP) is 4.12. The van der Waals surface area contributed by atoms with Crippen LogP contribution in [0.5, 0.6) is 0 Å². The zero-order valence-corrected chi connectivity index (χ0v) is 23.8. The Kier molecular flexibility index (Phi) is 11.8. The number of ketones is 1. The third-order valence-corrected chi connectivity index (χ3v) is 6.37. The number of Topliss-reactive ketones (excluding diaryl/α,β-unsaturated/α-hetero) is 1. The molecule has 0 saturated carbocycles. The van der Waals surface area contributed by atoms with Gasteiger partial charge in [-0.1, -0.05) is 35.0 Å². The summed E-state index contributed by atoms with van der Waals surface area (Å²) in [4.78, 5) is 25.2. The van der Waals surface area contributed by atoms with Gasteiger partial charge in [0, 0.05) is 43.1 Å². The van der Waals surface area contributed by atoms with E-state index in [2.05, 4.69) is 47.6 Å². The molecular weight excluding hydrogens is 572 g/mol. The molecule has 0 aliphatic heterocycles. The average molecular weight is 604 g/mol. The Morgan fingerprint density at radius 2 is 2.11 bits per heavy atom. The number of aliphatic hydroxyl groups is 1. The molecule has 1 unspecified atom stereocenters. The summed E-state index contributed by atoms with van der Waals surface area (Å²) in [6.07, 6.45) is 7.82.